The van der Waals surface area contributed by atoms with E-state index in [0.29, 0.717) is 5.56 Å². The van der Waals surface area contributed by atoms with Gasteiger partial charge in [-0.15, -0.1) is 9.42 Å². The smallest absolute Gasteiger partial charge is 0.394 e. The summed E-state index contributed by atoms with van der Waals surface area (Å²) >= 11 is 0. The quantitative estimate of drug-likeness (QED) is 0.0669. The van der Waals surface area contributed by atoms with E-state index in [9.17, 15) is 33.1 Å². The molecule has 7 rings (SSSR count). The molecule has 57 heavy (non-hydrogen) atoms. The van der Waals surface area contributed by atoms with Crippen LogP contribution >= 0.6 is 16.1 Å². The number of anilines is 1. The Morgan fingerprint density at radius 3 is 2.58 bits per heavy atom. The van der Waals surface area contributed by atoms with E-state index < -0.39 is 95.3 Å². The van der Waals surface area contributed by atoms with Gasteiger partial charge in [-0.25, -0.2) is 35.5 Å². The molecule has 2 unspecified atom stereocenters. The number of carbonyl (C=O) groups excluding carboxylic acids is 1. The van der Waals surface area contributed by atoms with Gasteiger partial charge < -0.3 is 34.3 Å². The Labute approximate surface area is 322 Å². The molecule has 0 saturated carbocycles. The molecule has 1 aromatic carbocycles. The fourth-order valence-corrected chi connectivity index (χ4v) is 8.74. The molecule has 2 saturated heterocycles. The molecular weight excluding hydrogens is 795 g/mol. The first-order valence-corrected chi connectivity index (χ1v) is 19.9. The van der Waals surface area contributed by atoms with Crippen molar-refractivity contribution in [2.45, 2.75) is 50.7 Å². The standard InChI is InChI=1S/C33H34FN9O12P2/c1-17-22(53-33(26(17)54-56(47)48)42-11-20(34)23-28(42)37-15-39-31(23)46)13-51-57(49,50-10-9-35-3)55-25-18(2)32(52-21(25)12-44)43-16-40-24-27(36-14-38-29(24)43)41-30(45)19-7-5-4-6-8-19/h4-8,11,14-18,21-22,25-26,32-33,44H,9-10,12-13H2,1-2H3,(H2-,36,37,38,39,41,45,46,47,48)/p+1/t17-,18-,21-,22-,25+,26-,32-,33-,57?/m1/s1. The van der Waals surface area contributed by atoms with Gasteiger partial charge in [-0.3, -0.25) is 27.7 Å². The summed E-state index contributed by atoms with van der Waals surface area (Å²) in [5.74, 6) is -2.67. The molecule has 0 aliphatic carbocycles. The monoisotopic (exact) mass is 830 g/mol. The van der Waals surface area contributed by atoms with E-state index in [-0.39, 0.29) is 41.2 Å². The van der Waals surface area contributed by atoms with E-state index in [2.05, 4.69) is 35.1 Å². The van der Waals surface area contributed by atoms with E-state index in [1.807, 2.05) is 0 Å². The minimum Gasteiger partial charge on any atom is -0.394 e. The van der Waals surface area contributed by atoms with Crippen LogP contribution in [0.5, 0.6) is 0 Å². The summed E-state index contributed by atoms with van der Waals surface area (Å²) < 4.78 is 78.7. The van der Waals surface area contributed by atoms with Crippen molar-refractivity contribution >= 4 is 50.0 Å². The van der Waals surface area contributed by atoms with Gasteiger partial charge in [0.25, 0.3) is 11.5 Å². The van der Waals surface area contributed by atoms with Crippen LogP contribution < -0.4 is 10.9 Å². The second-order valence-corrected chi connectivity index (χ2v) is 15.4. The molecule has 24 heteroatoms. The lowest BCUT2D eigenvalue weighted by Gasteiger charge is -2.26. The fraction of sp³-hybridized carbons (Fsp3) is 0.424. The molecule has 2 fully saturated rings. The number of hydrogen-bond donors (Lipinski definition) is 4. The number of rotatable bonds is 15. The van der Waals surface area contributed by atoms with Crippen molar-refractivity contribution < 1.29 is 55.9 Å². The molecule has 1 amide bonds. The fourth-order valence-electron chi connectivity index (χ4n) is 6.78. The Morgan fingerprint density at radius 1 is 1.07 bits per heavy atom. The third kappa shape index (κ3) is 8.13. The second kappa shape index (κ2) is 16.9. The predicted octanol–water partition coefficient (Wildman–Crippen LogP) is 3.50. The van der Waals surface area contributed by atoms with Crippen molar-refractivity contribution in [3.63, 3.8) is 0 Å². The lowest BCUT2D eigenvalue weighted by molar-refractivity contribution is -0.0566. The molecule has 0 radical (unpaired) electrons. The molecule has 5 aromatic rings. The first kappa shape index (κ1) is 40.3. The second-order valence-electron chi connectivity index (χ2n) is 13.0. The van der Waals surface area contributed by atoms with Crippen molar-refractivity contribution in [3.8, 4) is 0 Å². The zero-order valence-corrected chi connectivity index (χ0v) is 31.8. The van der Waals surface area contributed by atoms with E-state index >= 15 is 0 Å². The number of fused-ring (bicyclic) bond motifs is 2. The summed E-state index contributed by atoms with van der Waals surface area (Å²) in [5.41, 5.74) is 0.0282. The van der Waals surface area contributed by atoms with Gasteiger partial charge in [0.05, 0.1) is 32.0 Å². The first-order valence-electron chi connectivity index (χ1n) is 17.4. The first-order chi connectivity index (χ1) is 27.4. The minimum atomic E-state index is -4.64. The lowest BCUT2D eigenvalue weighted by atomic mass is 10.0. The number of phosphoric ester groups is 1. The number of hydrogen-bond acceptors (Lipinski definition) is 15. The van der Waals surface area contributed by atoms with Gasteiger partial charge in [-0.05, 0) is 12.1 Å². The number of aliphatic hydroxyl groups excluding tert-OH is 1. The summed E-state index contributed by atoms with van der Waals surface area (Å²) in [4.78, 5) is 57.3. The number of nitrogens with one attached hydrogen (secondary N) is 2. The Balaban J connectivity index is 1.11. The van der Waals surface area contributed by atoms with Crippen LogP contribution in [0.4, 0.5) is 10.2 Å². The number of aliphatic hydroxyl groups is 1. The molecule has 6 heterocycles. The number of aromatic nitrogens is 7. The number of nitrogens with zero attached hydrogens (tertiary/aromatic N) is 7. The summed E-state index contributed by atoms with van der Waals surface area (Å²) in [7, 11) is -7.83. The molecule has 21 nitrogen and oxygen atoms in total. The van der Waals surface area contributed by atoms with E-state index in [1.54, 1.807) is 48.7 Å². The number of amides is 1. The number of halogens is 1. The zero-order valence-electron chi connectivity index (χ0n) is 30.0. The summed E-state index contributed by atoms with van der Waals surface area (Å²) in [6.45, 7) is 8.75. The molecule has 2 aliphatic rings. The summed E-state index contributed by atoms with van der Waals surface area (Å²) in [6.07, 6.45) is -2.04. The number of ether oxygens (including phenoxy) is 2. The molecule has 300 valence electrons. The average molecular weight is 831 g/mol. The predicted molar refractivity (Wildman–Crippen MR) is 194 cm³/mol. The van der Waals surface area contributed by atoms with Crippen molar-refractivity contribution in [1.29, 1.82) is 0 Å². The Hall–Kier alpha value is -4.91. The van der Waals surface area contributed by atoms with Crippen LogP contribution in [-0.2, 0) is 36.7 Å². The van der Waals surface area contributed by atoms with Gasteiger partial charge in [0.2, 0.25) is 6.54 Å². The van der Waals surface area contributed by atoms with Crippen LogP contribution in [0.15, 0.2) is 60.3 Å². The Morgan fingerprint density at radius 2 is 1.84 bits per heavy atom. The highest BCUT2D eigenvalue weighted by Crippen LogP contribution is 2.55. The average Bonchev–Trinajstić information content (AvgIpc) is 3.94. The van der Waals surface area contributed by atoms with Gasteiger partial charge in [0.1, 0.15) is 36.8 Å². The molecule has 0 spiro atoms. The van der Waals surface area contributed by atoms with Crippen LogP contribution in [0.25, 0.3) is 27.0 Å². The third-order valence-corrected chi connectivity index (χ3v) is 11.5. The van der Waals surface area contributed by atoms with E-state index in [4.69, 9.17) is 34.1 Å². The Kier molecular flexibility index (Phi) is 11.9. The van der Waals surface area contributed by atoms with Crippen LogP contribution in [0, 0.1) is 24.2 Å². The molecule has 0 bridgehead atoms. The SMILES string of the molecule is [C-]#[N+]CCOP(=O)(OC[C@H]1O[C@@H](n2cc(F)c3c(=O)[nH]cnc32)[C@H](O[P+](=O)O)[C@@H]1C)O[C@H]1[C@@H](C)[C@H](n2cnc3c(NC(=O)c4ccccc4)ncnc32)O[C@@H]1CO. The minimum absolute atomic E-state index is 0.126. The number of aromatic amines is 1. The van der Waals surface area contributed by atoms with Crippen molar-refractivity contribution in [1.82, 2.24) is 34.1 Å². The molecular formula is C33H35FN9O12P2+. The maximum Gasteiger partial charge on any atom is 0.695 e. The lowest BCUT2D eigenvalue weighted by Crippen LogP contribution is -2.32. The van der Waals surface area contributed by atoms with Gasteiger partial charge in [0.15, 0.2) is 40.8 Å². The van der Waals surface area contributed by atoms with Gasteiger partial charge >= 0.3 is 16.1 Å². The highest BCUT2D eigenvalue weighted by atomic mass is 31.2. The normalized spacial score (nSPS) is 26.1. The molecule has 2 aliphatic heterocycles. The topological polar surface area (TPSA) is 258 Å². The molecule has 10 atom stereocenters. The van der Waals surface area contributed by atoms with Crippen molar-refractivity contribution in [2.24, 2.45) is 11.8 Å². The zero-order chi connectivity index (χ0) is 40.4. The van der Waals surface area contributed by atoms with Gasteiger partial charge in [-0.1, -0.05) is 32.0 Å². The largest absolute Gasteiger partial charge is 0.695 e. The number of benzene rings is 1. The van der Waals surface area contributed by atoms with Crippen LogP contribution in [0.2, 0.25) is 0 Å². The molecule has 4 aromatic heterocycles. The van der Waals surface area contributed by atoms with Gasteiger partial charge in [-0.2, -0.15) is 0 Å². The Bertz CT molecular complexity index is 2430. The summed E-state index contributed by atoms with van der Waals surface area (Å²) in [6, 6.07) is 8.51. The number of carbonyl (C=O) groups is 1. The maximum absolute atomic E-state index is 14.9. The van der Waals surface area contributed by atoms with Gasteiger partial charge in [0, 0.05) is 28.2 Å². The van der Waals surface area contributed by atoms with Crippen LogP contribution in [-0.4, -0.2) is 101 Å². The number of phosphoric acid groups is 1. The highest BCUT2D eigenvalue weighted by molar-refractivity contribution is 7.48. The highest BCUT2D eigenvalue weighted by Gasteiger charge is 2.52. The number of H-pyrrole nitrogens is 1. The van der Waals surface area contributed by atoms with Crippen molar-refractivity contribution in [2.75, 3.05) is 31.7 Å². The van der Waals surface area contributed by atoms with E-state index in [0.717, 1.165) is 17.1 Å². The van der Waals surface area contributed by atoms with Crippen LogP contribution in [0.3, 0.4) is 0 Å². The third-order valence-electron chi connectivity index (χ3n) is 9.58. The van der Waals surface area contributed by atoms with Crippen molar-refractivity contribution in [3.05, 3.63) is 88.7 Å². The maximum atomic E-state index is 14.9. The van der Waals surface area contributed by atoms with Crippen LogP contribution in [0.1, 0.15) is 36.7 Å². The summed E-state index contributed by atoms with van der Waals surface area (Å²) in [5, 5.41) is 12.7. The number of imidazole rings is 1. The molecule has 4 N–H and O–H groups in total. The van der Waals surface area contributed by atoms with E-state index in [1.165, 1.54) is 12.7 Å².